The summed E-state index contributed by atoms with van der Waals surface area (Å²) < 4.78 is 23.7. The molecule has 0 aromatic carbocycles. The van der Waals surface area contributed by atoms with E-state index >= 15 is 0 Å². The van der Waals surface area contributed by atoms with Gasteiger partial charge in [0.15, 0.2) is 9.84 Å². The van der Waals surface area contributed by atoms with E-state index in [0.29, 0.717) is 12.5 Å². The number of carboxylic acid groups (broad SMARTS) is 1. The van der Waals surface area contributed by atoms with Gasteiger partial charge in [-0.15, -0.1) is 11.3 Å². The van der Waals surface area contributed by atoms with Crippen LogP contribution in [0.3, 0.4) is 0 Å². The maximum absolute atomic E-state index is 11.8. The molecule has 1 aliphatic rings. The zero-order chi connectivity index (χ0) is 15.6. The summed E-state index contributed by atoms with van der Waals surface area (Å²) >= 11 is 1.64. The number of carbonyl (C=O) groups is 1. The molecule has 2 unspecified atom stereocenters. The van der Waals surface area contributed by atoms with Gasteiger partial charge in [0.25, 0.3) is 0 Å². The molecule has 0 radical (unpaired) electrons. The van der Waals surface area contributed by atoms with Crippen LogP contribution in [0.2, 0.25) is 0 Å². The van der Waals surface area contributed by atoms with Gasteiger partial charge in [-0.2, -0.15) is 0 Å². The lowest BCUT2D eigenvalue weighted by molar-refractivity contribution is -0.138. The third kappa shape index (κ3) is 4.05. The average Bonchev–Trinajstić information content (AvgIpc) is 2.84. The first-order chi connectivity index (χ1) is 9.80. The van der Waals surface area contributed by atoms with Crippen molar-refractivity contribution in [3.8, 4) is 0 Å². The van der Waals surface area contributed by atoms with E-state index in [2.05, 4.69) is 18.7 Å². The molecule has 1 aliphatic heterocycles. The number of hydrogen-bond acceptors (Lipinski definition) is 5. The van der Waals surface area contributed by atoms with Crippen LogP contribution in [0.25, 0.3) is 0 Å². The summed E-state index contributed by atoms with van der Waals surface area (Å²) in [6, 6.07) is 3.64. The quantitative estimate of drug-likeness (QED) is 0.893. The Kier molecular flexibility index (Phi) is 5.06. The molecule has 0 saturated carbocycles. The zero-order valence-corrected chi connectivity index (χ0v) is 13.9. The molecule has 0 aliphatic carbocycles. The van der Waals surface area contributed by atoms with Crippen LogP contribution in [0.1, 0.15) is 31.2 Å². The van der Waals surface area contributed by atoms with Crippen LogP contribution in [0.4, 0.5) is 0 Å². The Morgan fingerprint density at radius 3 is 2.76 bits per heavy atom. The maximum Gasteiger partial charge on any atom is 0.304 e. The van der Waals surface area contributed by atoms with Crippen molar-refractivity contribution in [2.24, 2.45) is 5.92 Å². The smallest absolute Gasteiger partial charge is 0.304 e. The number of thiophene rings is 1. The van der Waals surface area contributed by atoms with Gasteiger partial charge < -0.3 is 5.11 Å². The molecule has 1 aromatic rings. The summed E-state index contributed by atoms with van der Waals surface area (Å²) in [6.07, 6.45) is -0.131. The molecular weight excluding hydrogens is 310 g/mol. The maximum atomic E-state index is 11.8. The first kappa shape index (κ1) is 16.5. The Balaban J connectivity index is 2.30. The van der Waals surface area contributed by atoms with Crippen LogP contribution in [-0.2, 0) is 14.6 Å². The molecule has 118 valence electrons. The van der Waals surface area contributed by atoms with Crippen LogP contribution in [0, 0.1) is 5.92 Å². The molecule has 1 N–H and O–H groups in total. The van der Waals surface area contributed by atoms with Gasteiger partial charge in [0.2, 0.25) is 0 Å². The van der Waals surface area contributed by atoms with Gasteiger partial charge in [-0.25, -0.2) is 8.42 Å². The molecule has 1 aromatic heterocycles. The highest BCUT2D eigenvalue weighted by Gasteiger charge is 2.38. The predicted molar refractivity (Wildman–Crippen MR) is 83.3 cm³/mol. The lowest BCUT2D eigenvalue weighted by Crippen LogP contribution is -2.51. The Morgan fingerprint density at radius 1 is 1.52 bits per heavy atom. The molecule has 1 fully saturated rings. The van der Waals surface area contributed by atoms with E-state index in [1.165, 1.54) is 4.88 Å². The first-order valence-corrected chi connectivity index (χ1v) is 9.71. The topological polar surface area (TPSA) is 74.7 Å². The average molecular weight is 331 g/mol. The van der Waals surface area contributed by atoms with Crippen LogP contribution in [-0.4, -0.2) is 48.5 Å². The fourth-order valence-electron chi connectivity index (χ4n) is 2.98. The lowest BCUT2D eigenvalue weighted by Gasteiger charge is -2.41. The van der Waals surface area contributed by atoms with E-state index in [4.69, 9.17) is 5.11 Å². The van der Waals surface area contributed by atoms with Crippen molar-refractivity contribution in [2.45, 2.75) is 32.4 Å². The van der Waals surface area contributed by atoms with E-state index in [-0.39, 0.29) is 24.0 Å². The van der Waals surface area contributed by atoms with Gasteiger partial charge >= 0.3 is 5.97 Å². The lowest BCUT2D eigenvalue weighted by atomic mass is 9.98. The van der Waals surface area contributed by atoms with Crippen molar-refractivity contribution in [2.75, 3.05) is 18.1 Å². The Bertz CT molecular complexity index is 580. The van der Waals surface area contributed by atoms with E-state index in [1.54, 1.807) is 11.3 Å². The van der Waals surface area contributed by atoms with Gasteiger partial charge in [-0.3, -0.25) is 9.69 Å². The molecule has 2 rings (SSSR count). The van der Waals surface area contributed by atoms with Gasteiger partial charge in [0.1, 0.15) is 0 Å². The van der Waals surface area contributed by atoms with Crippen LogP contribution < -0.4 is 0 Å². The minimum Gasteiger partial charge on any atom is -0.481 e. The Labute approximate surface area is 129 Å². The molecular formula is C14H21NO4S2. The minimum absolute atomic E-state index is 0.0616. The zero-order valence-electron chi connectivity index (χ0n) is 12.2. The van der Waals surface area contributed by atoms with Gasteiger partial charge in [-0.1, -0.05) is 19.9 Å². The first-order valence-electron chi connectivity index (χ1n) is 7.01. The van der Waals surface area contributed by atoms with E-state index in [1.807, 2.05) is 17.5 Å². The second kappa shape index (κ2) is 6.46. The van der Waals surface area contributed by atoms with Crippen molar-refractivity contribution in [3.63, 3.8) is 0 Å². The largest absolute Gasteiger partial charge is 0.481 e. The summed E-state index contributed by atoms with van der Waals surface area (Å²) in [5.41, 5.74) is 0. The summed E-state index contributed by atoms with van der Waals surface area (Å²) in [6.45, 7) is 4.58. The van der Waals surface area contributed by atoms with Crippen molar-refractivity contribution in [1.29, 1.82) is 0 Å². The third-order valence-electron chi connectivity index (χ3n) is 3.81. The van der Waals surface area contributed by atoms with Crippen molar-refractivity contribution in [3.05, 3.63) is 22.4 Å². The second-order valence-electron chi connectivity index (χ2n) is 5.81. The molecule has 21 heavy (non-hydrogen) atoms. The highest BCUT2D eigenvalue weighted by atomic mass is 32.2. The summed E-state index contributed by atoms with van der Waals surface area (Å²) in [5, 5.41) is 11.1. The number of carboxylic acids is 1. The standard InChI is InChI=1S/C14H21NO4S2/c1-10(2)14(12-4-3-6-20-12)15-5-7-21(18,19)9-11(15)8-13(16)17/h3-4,6,10-11,14H,5,7-9H2,1-2H3,(H,16,17). The predicted octanol–water partition coefficient (Wildman–Crippen LogP) is 2.02. The normalized spacial score (nSPS) is 24.0. The number of sulfone groups is 1. The summed E-state index contributed by atoms with van der Waals surface area (Å²) in [4.78, 5) is 14.3. The van der Waals surface area contributed by atoms with Crippen molar-refractivity contribution >= 4 is 27.1 Å². The van der Waals surface area contributed by atoms with Gasteiger partial charge in [-0.05, 0) is 17.4 Å². The van der Waals surface area contributed by atoms with Crippen LogP contribution in [0.5, 0.6) is 0 Å². The third-order valence-corrected chi connectivity index (χ3v) is 6.45. The number of rotatable bonds is 5. The van der Waals surface area contributed by atoms with E-state index < -0.39 is 21.8 Å². The number of aliphatic carboxylic acids is 1. The monoisotopic (exact) mass is 331 g/mol. The Morgan fingerprint density at radius 2 is 2.24 bits per heavy atom. The molecule has 1 saturated heterocycles. The molecule has 0 spiro atoms. The fraction of sp³-hybridized carbons (Fsp3) is 0.643. The SMILES string of the molecule is CC(C)C(c1cccs1)N1CCS(=O)(=O)CC1CC(=O)O. The van der Waals surface area contributed by atoms with Gasteiger partial charge in [0, 0.05) is 23.5 Å². The number of hydrogen-bond donors (Lipinski definition) is 1. The van der Waals surface area contributed by atoms with E-state index in [9.17, 15) is 13.2 Å². The molecule has 0 bridgehead atoms. The fourth-order valence-corrected chi connectivity index (χ4v) is 5.55. The molecule has 2 heterocycles. The van der Waals surface area contributed by atoms with Crippen molar-refractivity contribution in [1.82, 2.24) is 4.90 Å². The van der Waals surface area contributed by atoms with Crippen molar-refractivity contribution < 1.29 is 18.3 Å². The Hall–Kier alpha value is -0.920. The van der Waals surface area contributed by atoms with E-state index in [0.717, 1.165) is 0 Å². The molecule has 2 atom stereocenters. The minimum atomic E-state index is -3.14. The van der Waals surface area contributed by atoms with Crippen LogP contribution in [0.15, 0.2) is 17.5 Å². The molecule has 0 amide bonds. The second-order valence-corrected chi connectivity index (χ2v) is 9.02. The highest BCUT2D eigenvalue weighted by molar-refractivity contribution is 7.91. The van der Waals surface area contributed by atoms with Gasteiger partial charge in [0.05, 0.1) is 17.9 Å². The number of nitrogens with zero attached hydrogens (tertiary/aromatic N) is 1. The summed E-state index contributed by atoms with van der Waals surface area (Å²) in [7, 11) is -3.14. The van der Waals surface area contributed by atoms with Crippen LogP contribution >= 0.6 is 11.3 Å². The summed E-state index contributed by atoms with van der Waals surface area (Å²) in [5.74, 6) is -0.609. The molecule has 7 heteroatoms. The highest BCUT2D eigenvalue weighted by Crippen LogP contribution is 2.35. The molecule has 5 nitrogen and oxygen atoms in total.